The van der Waals surface area contributed by atoms with Gasteiger partial charge in [-0.1, -0.05) is 80.1 Å². The highest BCUT2D eigenvalue weighted by atomic mass is 15.1. The molecule has 1 aliphatic carbocycles. The van der Waals surface area contributed by atoms with E-state index in [0.717, 1.165) is 12.8 Å². The molecule has 1 aliphatic rings. The van der Waals surface area contributed by atoms with Gasteiger partial charge in [-0.25, -0.2) is 0 Å². The van der Waals surface area contributed by atoms with E-state index in [-0.39, 0.29) is 0 Å². The molecule has 0 atom stereocenters. The van der Waals surface area contributed by atoms with Crippen molar-refractivity contribution in [2.75, 3.05) is 4.90 Å². The predicted octanol–water partition coefficient (Wildman–Crippen LogP) is 7.15. The second-order valence-corrected chi connectivity index (χ2v) is 6.29. The molecular formula is C25H27N. The first kappa shape index (κ1) is 18.0. The molecule has 0 spiro atoms. The fourth-order valence-corrected chi connectivity index (χ4v) is 3.37. The van der Waals surface area contributed by atoms with Gasteiger partial charge in [-0.3, -0.25) is 0 Å². The normalized spacial score (nSPS) is 12.3. The molecule has 0 unspecified atom stereocenters. The van der Waals surface area contributed by atoms with Crippen LogP contribution in [-0.4, -0.2) is 0 Å². The lowest BCUT2D eigenvalue weighted by molar-refractivity contribution is 0.968. The lowest BCUT2D eigenvalue weighted by Crippen LogP contribution is -2.18. The second kappa shape index (κ2) is 8.53. The van der Waals surface area contributed by atoms with Crippen LogP contribution in [0.3, 0.4) is 0 Å². The molecule has 3 aromatic rings. The first-order chi connectivity index (χ1) is 12.8. The average molecular weight is 341 g/mol. The Kier molecular flexibility index (Phi) is 5.91. The molecule has 26 heavy (non-hydrogen) atoms. The van der Waals surface area contributed by atoms with Gasteiger partial charge in [-0.2, -0.15) is 0 Å². The average Bonchev–Trinajstić information content (AvgIpc) is 2.72. The van der Waals surface area contributed by atoms with Crippen molar-refractivity contribution in [3.8, 4) is 0 Å². The van der Waals surface area contributed by atoms with Crippen molar-refractivity contribution >= 4 is 17.1 Å². The lowest BCUT2D eigenvalue weighted by atomic mass is 9.93. The Morgan fingerprint density at radius 2 is 1.31 bits per heavy atom. The highest BCUT2D eigenvalue weighted by molar-refractivity contribution is 5.89. The summed E-state index contributed by atoms with van der Waals surface area (Å²) in [5, 5.41) is 0. The van der Waals surface area contributed by atoms with E-state index in [0.29, 0.717) is 0 Å². The molecule has 132 valence electrons. The molecule has 1 nitrogen and oxygen atoms in total. The highest BCUT2D eigenvalue weighted by Gasteiger charge is 2.20. The molecule has 1 heteroatoms. The summed E-state index contributed by atoms with van der Waals surface area (Å²) in [5.74, 6) is 0. The zero-order valence-electron chi connectivity index (χ0n) is 15.9. The number of rotatable bonds is 3. The van der Waals surface area contributed by atoms with Crippen LogP contribution >= 0.6 is 0 Å². The third-order valence-electron chi connectivity index (χ3n) is 4.59. The van der Waals surface area contributed by atoms with Crippen LogP contribution in [0.2, 0.25) is 0 Å². The molecule has 0 saturated heterocycles. The van der Waals surface area contributed by atoms with E-state index in [2.05, 4.69) is 96.8 Å². The standard InChI is InChI=1S/C23H21N.C2H6/c1-18-14-16-21(17-15-18)24(20-10-3-2-4-11-20)23-13-7-9-19-8-5-6-12-22(19)23;1-2/h2-6,8,10-17H,7,9H2,1H3;1-2H3. The molecule has 0 heterocycles. The molecule has 0 aliphatic heterocycles. The Bertz CT molecular complexity index is 860. The van der Waals surface area contributed by atoms with Crippen molar-refractivity contribution in [3.63, 3.8) is 0 Å². The minimum absolute atomic E-state index is 1.08. The molecule has 0 radical (unpaired) electrons. The SMILES string of the molecule is CC.Cc1ccc(N(C2=CCCc3ccccc32)c2ccccc2)cc1. The summed E-state index contributed by atoms with van der Waals surface area (Å²) in [6.45, 7) is 6.13. The highest BCUT2D eigenvalue weighted by Crippen LogP contribution is 2.38. The van der Waals surface area contributed by atoms with Crippen LogP contribution < -0.4 is 4.90 Å². The van der Waals surface area contributed by atoms with Crippen molar-refractivity contribution in [2.24, 2.45) is 0 Å². The molecule has 0 aromatic heterocycles. The first-order valence-corrected chi connectivity index (χ1v) is 9.53. The predicted molar refractivity (Wildman–Crippen MR) is 114 cm³/mol. The van der Waals surface area contributed by atoms with Crippen molar-refractivity contribution in [1.29, 1.82) is 0 Å². The van der Waals surface area contributed by atoms with Gasteiger partial charge in [0.05, 0.1) is 0 Å². The van der Waals surface area contributed by atoms with E-state index < -0.39 is 0 Å². The van der Waals surface area contributed by atoms with Crippen LogP contribution in [0.4, 0.5) is 11.4 Å². The largest absolute Gasteiger partial charge is 0.310 e. The summed E-state index contributed by atoms with van der Waals surface area (Å²) in [5.41, 5.74) is 7.74. The van der Waals surface area contributed by atoms with Gasteiger partial charge in [0.15, 0.2) is 0 Å². The lowest BCUT2D eigenvalue weighted by Gasteiger charge is -2.31. The van der Waals surface area contributed by atoms with E-state index in [4.69, 9.17) is 0 Å². The summed E-state index contributed by atoms with van der Waals surface area (Å²) < 4.78 is 0. The fraction of sp³-hybridized carbons (Fsp3) is 0.200. The number of anilines is 2. The van der Waals surface area contributed by atoms with E-state index in [1.165, 1.54) is 33.8 Å². The van der Waals surface area contributed by atoms with E-state index in [9.17, 15) is 0 Å². The molecule has 0 amide bonds. The fourth-order valence-electron chi connectivity index (χ4n) is 3.37. The minimum atomic E-state index is 1.08. The van der Waals surface area contributed by atoms with Gasteiger partial charge in [0.2, 0.25) is 0 Å². The van der Waals surface area contributed by atoms with Gasteiger partial charge in [-0.15, -0.1) is 0 Å². The van der Waals surface area contributed by atoms with Crippen LogP contribution in [-0.2, 0) is 6.42 Å². The number of para-hydroxylation sites is 1. The Morgan fingerprint density at radius 1 is 0.692 bits per heavy atom. The van der Waals surface area contributed by atoms with Crippen molar-refractivity contribution in [2.45, 2.75) is 33.6 Å². The van der Waals surface area contributed by atoms with Gasteiger partial charge in [-0.05, 0) is 49.6 Å². The Morgan fingerprint density at radius 3 is 2.04 bits per heavy atom. The van der Waals surface area contributed by atoms with Crippen molar-refractivity contribution in [3.05, 3.63) is 102 Å². The zero-order chi connectivity index (χ0) is 18.4. The van der Waals surface area contributed by atoms with E-state index in [1.54, 1.807) is 0 Å². The minimum Gasteiger partial charge on any atom is -0.310 e. The quantitative estimate of drug-likeness (QED) is 0.489. The smallest absolute Gasteiger partial charge is 0.0497 e. The monoisotopic (exact) mass is 341 g/mol. The Hall–Kier alpha value is -2.80. The number of aryl methyl sites for hydroxylation is 2. The van der Waals surface area contributed by atoms with E-state index >= 15 is 0 Å². The second-order valence-electron chi connectivity index (χ2n) is 6.29. The molecule has 3 aromatic carbocycles. The van der Waals surface area contributed by atoms with Gasteiger partial charge < -0.3 is 4.90 Å². The van der Waals surface area contributed by atoms with Crippen molar-refractivity contribution in [1.82, 2.24) is 0 Å². The molecule has 0 bridgehead atoms. The van der Waals surface area contributed by atoms with Crippen LogP contribution in [0, 0.1) is 6.92 Å². The summed E-state index contributed by atoms with van der Waals surface area (Å²) in [6, 6.07) is 28.2. The maximum Gasteiger partial charge on any atom is 0.0497 e. The topological polar surface area (TPSA) is 3.24 Å². The maximum absolute atomic E-state index is 2.37. The van der Waals surface area contributed by atoms with Crippen LogP contribution in [0.25, 0.3) is 5.70 Å². The Balaban J connectivity index is 0.000000948. The van der Waals surface area contributed by atoms with Crippen LogP contribution in [0.1, 0.15) is 37.0 Å². The van der Waals surface area contributed by atoms with Crippen molar-refractivity contribution < 1.29 is 0 Å². The molecular weight excluding hydrogens is 314 g/mol. The Labute approximate surface area is 157 Å². The van der Waals surface area contributed by atoms with Gasteiger partial charge in [0.1, 0.15) is 0 Å². The molecule has 0 fully saturated rings. The number of benzene rings is 3. The van der Waals surface area contributed by atoms with Gasteiger partial charge >= 0.3 is 0 Å². The molecule has 0 N–H and O–H groups in total. The van der Waals surface area contributed by atoms with Crippen LogP contribution in [0.15, 0.2) is 84.9 Å². The van der Waals surface area contributed by atoms with Gasteiger partial charge in [0, 0.05) is 22.6 Å². The third kappa shape index (κ3) is 3.72. The van der Waals surface area contributed by atoms with Gasteiger partial charge in [0.25, 0.3) is 0 Å². The van der Waals surface area contributed by atoms with E-state index in [1.807, 2.05) is 13.8 Å². The summed E-state index contributed by atoms with van der Waals surface area (Å²) in [7, 11) is 0. The summed E-state index contributed by atoms with van der Waals surface area (Å²) >= 11 is 0. The number of hydrogen-bond donors (Lipinski definition) is 0. The number of nitrogens with zero attached hydrogens (tertiary/aromatic N) is 1. The number of hydrogen-bond acceptors (Lipinski definition) is 1. The molecule has 0 saturated carbocycles. The van der Waals surface area contributed by atoms with Crippen LogP contribution in [0.5, 0.6) is 0 Å². The number of fused-ring (bicyclic) bond motifs is 1. The maximum atomic E-state index is 2.37. The molecule has 4 rings (SSSR count). The summed E-state index contributed by atoms with van der Waals surface area (Å²) in [6.07, 6.45) is 4.58. The summed E-state index contributed by atoms with van der Waals surface area (Å²) in [4.78, 5) is 2.37. The number of allylic oxidation sites excluding steroid dienone is 1. The first-order valence-electron chi connectivity index (χ1n) is 9.53. The third-order valence-corrected chi connectivity index (χ3v) is 4.59. The zero-order valence-corrected chi connectivity index (χ0v) is 15.9.